The molecule has 2 aromatic carbocycles. The molecule has 1 aliphatic heterocycles. The third-order valence-corrected chi connectivity index (χ3v) is 5.30. The minimum absolute atomic E-state index is 0.103. The van der Waals surface area contributed by atoms with Crippen LogP contribution in [0.3, 0.4) is 0 Å². The maximum Gasteiger partial charge on any atom is 0.328 e. The molecule has 0 unspecified atom stereocenters. The van der Waals surface area contributed by atoms with Crippen molar-refractivity contribution in [1.82, 2.24) is 9.13 Å². The Morgan fingerprint density at radius 1 is 0.966 bits per heavy atom. The number of imidazole rings is 1. The Kier molecular flexibility index (Phi) is 5.02. The summed E-state index contributed by atoms with van der Waals surface area (Å²) in [6, 6.07) is 11.1. The molecule has 0 bridgehead atoms. The van der Waals surface area contributed by atoms with Crippen molar-refractivity contribution in [2.75, 3.05) is 41.8 Å². The van der Waals surface area contributed by atoms with E-state index >= 15 is 0 Å². The zero-order valence-electron chi connectivity index (χ0n) is 16.9. The number of carbonyl (C=O) groups is 1. The van der Waals surface area contributed by atoms with E-state index in [0.717, 1.165) is 35.4 Å². The lowest BCUT2D eigenvalue weighted by molar-refractivity contribution is 0.123. The number of fused-ring (bicyclic) bond motifs is 1. The molecule has 3 aromatic rings. The minimum Gasteiger partial charge on any atom is -0.378 e. The summed E-state index contributed by atoms with van der Waals surface area (Å²) in [7, 11) is 3.49. The van der Waals surface area contributed by atoms with Crippen LogP contribution in [-0.2, 0) is 18.8 Å². The number of aryl methyl sites for hydroxylation is 3. The first-order chi connectivity index (χ1) is 13.9. The number of carbonyl (C=O) groups excluding carboxylic acids is 1. The van der Waals surface area contributed by atoms with E-state index in [9.17, 15) is 9.59 Å². The summed E-state index contributed by atoms with van der Waals surface area (Å²) in [5.41, 5.74) is 4.86. The molecule has 1 aliphatic rings. The molecule has 4 rings (SSSR count). The van der Waals surface area contributed by atoms with Crippen LogP contribution in [0.1, 0.15) is 5.56 Å². The number of ether oxygens (including phenoxy) is 1. The maximum atomic E-state index is 12.7. The highest BCUT2D eigenvalue weighted by Gasteiger charge is 2.20. The zero-order valence-corrected chi connectivity index (χ0v) is 16.9. The van der Waals surface area contributed by atoms with Gasteiger partial charge in [0, 0.05) is 32.9 Å². The molecule has 1 saturated heterocycles. The predicted octanol–water partition coefficient (Wildman–Crippen LogP) is 2.67. The van der Waals surface area contributed by atoms with Gasteiger partial charge in [-0.2, -0.15) is 0 Å². The molecule has 1 fully saturated rings. The summed E-state index contributed by atoms with van der Waals surface area (Å²) in [5, 5.41) is 5.82. The Bertz CT molecular complexity index is 1110. The number of nitrogens with one attached hydrogen (secondary N) is 2. The van der Waals surface area contributed by atoms with Crippen molar-refractivity contribution in [3.63, 3.8) is 0 Å². The number of hydrogen-bond donors (Lipinski definition) is 2. The Balaban J connectivity index is 1.70. The van der Waals surface area contributed by atoms with Crippen LogP contribution in [0.5, 0.6) is 0 Å². The van der Waals surface area contributed by atoms with Gasteiger partial charge in [-0.3, -0.25) is 9.13 Å². The number of urea groups is 1. The first kappa shape index (κ1) is 19.1. The molecule has 8 heteroatoms. The van der Waals surface area contributed by atoms with Gasteiger partial charge in [0.2, 0.25) is 0 Å². The van der Waals surface area contributed by atoms with Crippen LogP contribution >= 0.6 is 0 Å². The van der Waals surface area contributed by atoms with Crippen LogP contribution in [-0.4, -0.2) is 41.5 Å². The van der Waals surface area contributed by atoms with E-state index in [1.54, 1.807) is 23.2 Å². The van der Waals surface area contributed by atoms with Gasteiger partial charge in [0.25, 0.3) is 0 Å². The van der Waals surface area contributed by atoms with Crippen molar-refractivity contribution in [1.29, 1.82) is 0 Å². The minimum atomic E-state index is -0.330. The molecular weight excluding hydrogens is 370 g/mol. The highest BCUT2D eigenvalue weighted by Crippen LogP contribution is 2.31. The highest BCUT2D eigenvalue weighted by atomic mass is 16.5. The second-order valence-corrected chi connectivity index (χ2v) is 7.30. The molecular formula is C21H25N5O3. The van der Waals surface area contributed by atoms with E-state index in [4.69, 9.17) is 4.74 Å². The Labute approximate surface area is 168 Å². The first-order valence-corrected chi connectivity index (χ1v) is 9.61. The van der Waals surface area contributed by atoms with Gasteiger partial charge in [-0.25, -0.2) is 9.59 Å². The first-order valence-electron chi connectivity index (χ1n) is 9.61. The Hall–Kier alpha value is -3.26. The molecule has 8 nitrogen and oxygen atoms in total. The highest BCUT2D eigenvalue weighted by molar-refractivity contribution is 6.04. The van der Waals surface area contributed by atoms with Crippen LogP contribution in [0.25, 0.3) is 11.0 Å². The quantitative estimate of drug-likeness (QED) is 0.715. The Morgan fingerprint density at radius 2 is 1.59 bits per heavy atom. The zero-order chi connectivity index (χ0) is 20.5. The predicted molar refractivity (Wildman–Crippen MR) is 115 cm³/mol. The van der Waals surface area contributed by atoms with Crippen molar-refractivity contribution in [3.05, 3.63) is 52.4 Å². The van der Waals surface area contributed by atoms with Gasteiger partial charge in [-0.15, -0.1) is 0 Å². The van der Waals surface area contributed by atoms with E-state index in [-0.39, 0.29) is 11.7 Å². The summed E-state index contributed by atoms with van der Waals surface area (Å²) < 4.78 is 8.67. The molecule has 1 aromatic heterocycles. The fourth-order valence-corrected chi connectivity index (χ4v) is 3.62. The largest absolute Gasteiger partial charge is 0.378 e. The third-order valence-electron chi connectivity index (χ3n) is 5.30. The molecule has 0 spiro atoms. The average Bonchev–Trinajstić information content (AvgIpc) is 2.93. The molecule has 2 amide bonds. The van der Waals surface area contributed by atoms with Crippen molar-refractivity contribution < 1.29 is 9.53 Å². The molecule has 0 radical (unpaired) electrons. The van der Waals surface area contributed by atoms with Crippen LogP contribution in [0, 0.1) is 6.92 Å². The van der Waals surface area contributed by atoms with Gasteiger partial charge in [0.15, 0.2) is 0 Å². The van der Waals surface area contributed by atoms with Gasteiger partial charge >= 0.3 is 11.7 Å². The number of anilines is 3. The monoisotopic (exact) mass is 395 g/mol. The van der Waals surface area contributed by atoms with Crippen LogP contribution in [0.4, 0.5) is 21.9 Å². The number of hydrogen-bond acceptors (Lipinski definition) is 4. The van der Waals surface area contributed by atoms with Gasteiger partial charge in [-0.1, -0.05) is 17.7 Å². The van der Waals surface area contributed by atoms with Crippen LogP contribution < -0.4 is 21.2 Å². The number of nitrogens with zero attached hydrogens (tertiary/aromatic N) is 3. The molecule has 0 aliphatic carbocycles. The number of morpholine rings is 1. The maximum absolute atomic E-state index is 12.7. The molecule has 2 N–H and O–H groups in total. The molecule has 29 heavy (non-hydrogen) atoms. The van der Waals surface area contributed by atoms with Crippen LogP contribution in [0.15, 0.2) is 41.2 Å². The van der Waals surface area contributed by atoms with E-state index in [2.05, 4.69) is 15.5 Å². The van der Waals surface area contributed by atoms with Gasteiger partial charge < -0.3 is 20.3 Å². The van der Waals surface area contributed by atoms with Gasteiger partial charge in [0.05, 0.1) is 35.6 Å². The standard InChI is InChI=1S/C21H25N5O3/c1-14-4-6-15(7-5-14)22-20(27)23-16-12-18-19(25(3)21(28)24(18)2)13-17(16)26-8-10-29-11-9-26/h4-7,12-13H,8-11H2,1-3H3,(H2,22,23,27). The summed E-state index contributed by atoms with van der Waals surface area (Å²) in [5.74, 6) is 0. The second kappa shape index (κ2) is 7.63. The van der Waals surface area contributed by atoms with Crippen molar-refractivity contribution in [3.8, 4) is 0 Å². The summed E-state index contributed by atoms with van der Waals surface area (Å²) in [4.78, 5) is 27.2. The van der Waals surface area contributed by atoms with Gasteiger partial charge in [0.1, 0.15) is 0 Å². The molecule has 0 atom stereocenters. The van der Waals surface area contributed by atoms with Crippen molar-refractivity contribution in [2.45, 2.75) is 6.92 Å². The normalized spacial score (nSPS) is 14.2. The fourth-order valence-electron chi connectivity index (χ4n) is 3.62. The van der Waals surface area contributed by atoms with E-state index in [1.165, 1.54) is 0 Å². The lowest BCUT2D eigenvalue weighted by Gasteiger charge is -2.30. The molecule has 0 saturated carbocycles. The van der Waals surface area contributed by atoms with E-state index in [0.29, 0.717) is 24.6 Å². The number of benzene rings is 2. The third kappa shape index (κ3) is 3.71. The summed E-state index contributed by atoms with van der Waals surface area (Å²) in [6.45, 7) is 4.69. The number of aromatic nitrogens is 2. The molecule has 2 heterocycles. The lowest BCUT2D eigenvalue weighted by Crippen LogP contribution is -2.37. The lowest BCUT2D eigenvalue weighted by atomic mass is 10.2. The van der Waals surface area contributed by atoms with E-state index in [1.807, 2.05) is 43.3 Å². The second-order valence-electron chi connectivity index (χ2n) is 7.30. The topological polar surface area (TPSA) is 80.5 Å². The SMILES string of the molecule is Cc1ccc(NC(=O)Nc2cc3c(cc2N2CCOCC2)n(C)c(=O)n3C)cc1. The van der Waals surface area contributed by atoms with Crippen molar-refractivity contribution >= 4 is 34.1 Å². The summed E-state index contributed by atoms with van der Waals surface area (Å²) >= 11 is 0. The smallest absolute Gasteiger partial charge is 0.328 e. The summed E-state index contributed by atoms with van der Waals surface area (Å²) in [6.07, 6.45) is 0. The van der Waals surface area contributed by atoms with Crippen molar-refractivity contribution in [2.24, 2.45) is 14.1 Å². The van der Waals surface area contributed by atoms with E-state index < -0.39 is 0 Å². The number of rotatable bonds is 3. The fraction of sp³-hybridized carbons (Fsp3) is 0.333. The number of amides is 2. The van der Waals surface area contributed by atoms with Crippen LogP contribution in [0.2, 0.25) is 0 Å². The molecule has 152 valence electrons. The van der Waals surface area contributed by atoms with Gasteiger partial charge in [-0.05, 0) is 31.2 Å². The Morgan fingerprint density at radius 3 is 2.24 bits per heavy atom. The average molecular weight is 395 g/mol.